The van der Waals surface area contributed by atoms with Gasteiger partial charge in [-0.05, 0) is 31.2 Å². The van der Waals surface area contributed by atoms with Crippen molar-refractivity contribution < 1.29 is 17.5 Å². The van der Waals surface area contributed by atoms with Gasteiger partial charge in [-0.25, -0.2) is 12.8 Å². The van der Waals surface area contributed by atoms with Crippen LogP contribution in [0.2, 0.25) is 0 Å². The van der Waals surface area contributed by atoms with Crippen LogP contribution in [0.1, 0.15) is 11.1 Å². The van der Waals surface area contributed by atoms with Crippen molar-refractivity contribution in [1.82, 2.24) is 0 Å². The highest BCUT2D eigenvalue weighted by Gasteiger charge is 2.22. The van der Waals surface area contributed by atoms with E-state index in [0.29, 0.717) is 18.0 Å². The third-order valence-corrected chi connectivity index (χ3v) is 4.79. The average Bonchev–Trinajstić information content (AvgIpc) is 2.96. The first-order valence-corrected chi connectivity index (χ1v) is 8.91. The summed E-state index contributed by atoms with van der Waals surface area (Å²) < 4.78 is 42.5. The summed E-state index contributed by atoms with van der Waals surface area (Å²) in [5.41, 5.74) is 3.32. The van der Waals surface area contributed by atoms with Crippen LogP contribution in [-0.2, 0) is 14.6 Å². The van der Waals surface area contributed by atoms with Gasteiger partial charge in [0.1, 0.15) is 17.0 Å². The van der Waals surface area contributed by atoms with Crippen molar-refractivity contribution in [2.75, 3.05) is 17.9 Å². The molecule has 120 valence electrons. The first-order chi connectivity index (χ1) is 10.9. The zero-order chi connectivity index (χ0) is 16.6. The van der Waals surface area contributed by atoms with Crippen molar-refractivity contribution in [3.63, 3.8) is 0 Å². The van der Waals surface area contributed by atoms with Crippen LogP contribution >= 0.6 is 0 Å². The minimum atomic E-state index is -3.58. The maximum Gasteiger partial charge on any atom is 0.178 e. The third kappa shape index (κ3) is 3.07. The standard InChI is InChI=1S/C17H16FNO3S/c1-12-3-6-14(7-4-12)19-11-22-10-16(19)13-5-8-17(15(18)9-13)23(2,20)21/h3-10H,11H2,1-2H3. The zero-order valence-corrected chi connectivity index (χ0v) is 13.6. The van der Waals surface area contributed by atoms with Gasteiger partial charge >= 0.3 is 0 Å². The summed E-state index contributed by atoms with van der Waals surface area (Å²) in [5, 5.41) is 0. The fourth-order valence-corrected chi connectivity index (χ4v) is 3.18. The van der Waals surface area contributed by atoms with Crippen molar-refractivity contribution in [2.45, 2.75) is 11.8 Å². The molecule has 1 aliphatic rings. The third-order valence-electron chi connectivity index (χ3n) is 3.66. The van der Waals surface area contributed by atoms with E-state index in [1.165, 1.54) is 12.1 Å². The van der Waals surface area contributed by atoms with Crippen molar-refractivity contribution >= 4 is 21.2 Å². The maximum atomic E-state index is 14.1. The summed E-state index contributed by atoms with van der Waals surface area (Å²) in [6, 6.07) is 12.0. The van der Waals surface area contributed by atoms with Crippen LogP contribution in [0.4, 0.5) is 10.1 Å². The minimum Gasteiger partial charge on any atom is -0.478 e. The van der Waals surface area contributed by atoms with E-state index >= 15 is 0 Å². The number of ether oxygens (including phenoxy) is 1. The van der Waals surface area contributed by atoms with Gasteiger partial charge in [-0.2, -0.15) is 0 Å². The van der Waals surface area contributed by atoms with Crippen molar-refractivity contribution in [1.29, 1.82) is 0 Å². The molecule has 0 atom stereocenters. The molecule has 2 aromatic carbocycles. The average molecular weight is 333 g/mol. The second kappa shape index (κ2) is 5.70. The van der Waals surface area contributed by atoms with Crippen LogP contribution in [0.3, 0.4) is 0 Å². The lowest BCUT2D eigenvalue weighted by molar-refractivity contribution is 0.282. The summed E-state index contributed by atoms with van der Waals surface area (Å²) in [5.74, 6) is -0.762. The number of aryl methyl sites for hydroxylation is 1. The van der Waals surface area contributed by atoms with Crippen molar-refractivity contribution in [3.8, 4) is 0 Å². The number of halogens is 1. The predicted molar refractivity (Wildman–Crippen MR) is 87.1 cm³/mol. The van der Waals surface area contributed by atoms with Gasteiger partial charge in [0.2, 0.25) is 0 Å². The van der Waals surface area contributed by atoms with E-state index in [2.05, 4.69) is 0 Å². The largest absolute Gasteiger partial charge is 0.478 e. The molecule has 6 heteroatoms. The van der Waals surface area contributed by atoms with Crippen LogP contribution < -0.4 is 4.90 Å². The number of rotatable bonds is 3. The molecule has 1 heterocycles. The Kier molecular flexibility index (Phi) is 3.85. The van der Waals surface area contributed by atoms with E-state index in [1.54, 1.807) is 12.3 Å². The lowest BCUT2D eigenvalue weighted by Crippen LogP contribution is -2.18. The van der Waals surface area contributed by atoms with Crippen LogP contribution in [-0.4, -0.2) is 21.4 Å². The molecule has 0 aromatic heterocycles. The van der Waals surface area contributed by atoms with E-state index in [0.717, 1.165) is 17.5 Å². The number of anilines is 1. The predicted octanol–water partition coefficient (Wildman–Crippen LogP) is 3.33. The summed E-state index contributed by atoms with van der Waals surface area (Å²) in [4.78, 5) is 1.59. The Labute approximate surface area is 134 Å². The SMILES string of the molecule is Cc1ccc(N2COC=C2c2ccc(S(C)(=O)=O)c(F)c2)cc1. The molecule has 0 saturated heterocycles. The molecule has 0 spiro atoms. The van der Waals surface area contributed by atoms with Crippen LogP contribution in [0.25, 0.3) is 5.70 Å². The van der Waals surface area contributed by atoms with Gasteiger partial charge in [-0.1, -0.05) is 23.8 Å². The summed E-state index contributed by atoms with van der Waals surface area (Å²) in [6.45, 7) is 2.33. The van der Waals surface area contributed by atoms with E-state index in [-0.39, 0.29) is 4.90 Å². The summed E-state index contributed by atoms with van der Waals surface area (Å²) in [6.07, 6.45) is 2.54. The highest BCUT2D eigenvalue weighted by molar-refractivity contribution is 7.90. The Balaban J connectivity index is 1.97. The zero-order valence-electron chi connectivity index (χ0n) is 12.8. The fourth-order valence-electron chi connectivity index (χ4n) is 2.45. The Morgan fingerprint density at radius 1 is 1.13 bits per heavy atom. The molecule has 4 nitrogen and oxygen atoms in total. The van der Waals surface area contributed by atoms with Gasteiger partial charge in [0.25, 0.3) is 0 Å². The first kappa shape index (κ1) is 15.6. The molecule has 0 bridgehead atoms. The highest BCUT2D eigenvalue weighted by atomic mass is 32.2. The Hall–Kier alpha value is -2.34. The molecule has 0 radical (unpaired) electrons. The molecular weight excluding hydrogens is 317 g/mol. The van der Waals surface area contributed by atoms with Crippen LogP contribution in [0.15, 0.2) is 53.6 Å². The number of sulfone groups is 1. The number of nitrogens with zero attached hydrogens (tertiary/aromatic N) is 1. The van der Waals surface area contributed by atoms with E-state index < -0.39 is 15.7 Å². The molecule has 3 rings (SSSR count). The molecule has 0 fully saturated rings. The minimum absolute atomic E-state index is 0.303. The maximum absolute atomic E-state index is 14.1. The van der Waals surface area contributed by atoms with Gasteiger partial charge in [-0.3, -0.25) is 0 Å². The molecule has 23 heavy (non-hydrogen) atoms. The molecule has 0 unspecified atom stereocenters. The van der Waals surface area contributed by atoms with Gasteiger partial charge in [0.05, 0.1) is 5.70 Å². The molecule has 0 amide bonds. The highest BCUT2D eigenvalue weighted by Crippen LogP contribution is 2.31. The molecule has 0 aliphatic carbocycles. The molecular formula is C17H16FNO3S. The van der Waals surface area contributed by atoms with E-state index in [1.807, 2.05) is 36.1 Å². The molecule has 2 aromatic rings. The number of hydrogen-bond donors (Lipinski definition) is 0. The Morgan fingerprint density at radius 2 is 1.83 bits per heavy atom. The fraction of sp³-hybridized carbons (Fsp3) is 0.176. The second-order valence-corrected chi connectivity index (χ2v) is 7.46. The topological polar surface area (TPSA) is 46.6 Å². The normalized spacial score (nSPS) is 14.6. The summed E-state index contributed by atoms with van der Waals surface area (Å²) in [7, 11) is -3.58. The van der Waals surface area contributed by atoms with Gasteiger partial charge < -0.3 is 9.64 Å². The van der Waals surface area contributed by atoms with Gasteiger partial charge in [0.15, 0.2) is 16.6 Å². The quantitative estimate of drug-likeness (QED) is 0.864. The second-order valence-electron chi connectivity index (χ2n) is 5.48. The Bertz CT molecular complexity index is 873. The Morgan fingerprint density at radius 3 is 2.43 bits per heavy atom. The first-order valence-electron chi connectivity index (χ1n) is 7.02. The number of benzene rings is 2. The number of hydrogen-bond acceptors (Lipinski definition) is 4. The smallest absolute Gasteiger partial charge is 0.178 e. The monoisotopic (exact) mass is 333 g/mol. The van der Waals surface area contributed by atoms with Crippen LogP contribution in [0.5, 0.6) is 0 Å². The van der Waals surface area contributed by atoms with Crippen molar-refractivity contribution in [3.05, 3.63) is 65.7 Å². The molecule has 0 N–H and O–H groups in total. The van der Waals surface area contributed by atoms with Gasteiger partial charge in [0, 0.05) is 17.5 Å². The molecule has 1 aliphatic heterocycles. The van der Waals surface area contributed by atoms with E-state index in [9.17, 15) is 12.8 Å². The van der Waals surface area contributed by atoms with E-state index in [4.69, 9.17) is 4.74 Å². The van der Waals surface area contributed by atoms with Crippen LogP contribution in [0, 0.1) is 12.7 Å². The van der Waals surface area contributed by atoms with Crippen molar-refractivity contribution in [2.24, 2.45) is 0 Å². The summed E-state index contributed by atoms with van der Waals surface area (Å²) >= 11 is 0. The lowest BCUT2D eigenvalue weighted by atomic mass is 10.1. The lowest BCUT2D eigenvalue weighted by Gasteiger charge is -2.20. The molecule has 0 saturated carbocycles. The van der Waals surface area contributed by atoms with Gasteiger partial charge in [-0.15, -0.1) is 0 Å².